The van der Waals surface area contributed by atoms with E-state index in [2.05, 4.69) is 10.1 Å². The van der Waals surface area contributed by atoms with Crippen molar-refractivity contribution in [3.05, 3.63) is 43.9 Å². The highest BCUT2D eigenvalue weighted by atomic mass is 16.5. The lowest BCUT2D eigenvalue weighted by Gasteiger charge is -2.16. The molecule has 0 fully saturated rings. The maximum atomic E-state index is 11.8. The molecule has 0 bridgehead atoms. The summed E-state index contributed by atoms with van der Waals surface area (Å²) in [5, 5.41) is 3.84. The van der Waals surface area contributed by atoms with Crippen LogP contribution < -0.4 is 17.0 Å². The molecule has 0 aliphatic rings. The number of nitrogens with two attached hydrogens (primary N) is 1. The molecular formula is C11H14N4O3. The van der Waals surface area contributed by atoms with Crippen LogP contribution in [-0.4, -0.2) is 14.7 Å². The standard InChI is InChI=1S/C11H14N4O3/c1-5-10(7(3)18-14-5)6(2)15-8(12)4-9(16)13-11(15)17/h4,6H,12H2,1-3H3,(H,13,16,17). The molecule has 7 heteroatoms. The zero-order valence-corrected chi connectivity index (χ0v) is 10.4. The lowest BCUT2D eigenvalue weighted by Crippen LogP contribution is -2.33. The summed E-state index contributed by atoms with van der Waals surface area (Å²) in [5.41, 5.74) is 6.14. The van der Waals surface area contributed by atoms with E-state index in [4.69, 9.17) is 10.3 Å². The molecule has 0 amide bonds. The number of hydrogen-bond donors (Lipinski definition) is 2. The molecule has 2 rings (SSSR count). The van der Waals surface area contributed by atoms with Crippen molar-refractivity contribution in [1.82, 2.24) is 14.7 Å². The minimum atomic E-state index is -0.549. The van der Waals surface area contributed by atoms with Gasteiger partial charge in [0, 0.05) is 11.6 Å². The Morgan fingerprint density at radius 3 is 2.61 bits per heavy atom. The van der Waals surface area contributed by atoms with Crippen LogP contribution in [0.3, 0.4) is 0 Å². The highest BCUT2D eigenvalue weighted by Crippen LogP contribution is 2.24. The number of nitrogens with zero attached hydrogens (tertiary/aromatic N) is 2. The first-order valence-corrected chi connectivity index (χ1v) is 5.46. The van der Waals surface area contributed by atoms with Crippen molar-refractivity contribution in [3.8, 4) is 0 Å². The summed E-state index contributed by atoms with van der Waals surface area (Å²) in [4.78, 5) is 25.1. The Bertz CT molecular complexity index is 676. The number of aryl methyl sites for hydroxylation is 2. The molecule has 0 aliphatic heterocycles. The van der Waals surface area contributed by atoms with E-state index in [-0.39, 0.29) is 11.9 Å². The van der Waals surface area contributed by atoms with Gasteiger partial charge in [-0.15, -0.1) is 0 Å². The molecule has 2 aromatic rings. The molecule has 96 valence electrons. The number of rotatable bonds is 2. The van der Waals surface area contributed by atoms with Crippen LogP contribution in [0.4, 0.5) is 5.82 Å². The van der Waals surface area contributed by atoms with E-state index >= 15 is 0 Å². The lowest BCUT2D eigenvalue weighted by atomic mass is 10.1. The predicted molar refractivity (Wildman–Crippen MR) is 65.5 cm³/mol. The molecule has 2 heterocycles. The summed E-state index contributed by atoms with van der Waals surface area (Å²) in [6.07, 6.45) is 0. The maximum Gasteiger partial charge on any atom is 0.330 e. The van der Waals surface area contributed by atoms with Crippen LogP contribution in [0.1, 0.15) is 30.0 Å². The topological polar surface area (TPSA) is 107 Å². The second kappa shape index (κ2) is 4.17. The fourth-order valence-corrected chi connectivity index (χ4v) is 2.14. The summed E-state index contributed by atoms with van der Waals surface area (Å²) in [6.45, 7) is 5.34. The smallest absolute Gasteiger partial charge is 0.330 e. The highest BCUT2D eigenvalue weighted by molar-refractivity contribution is 5.32. The molecule has 0 aromatic carbocycles. The first kappa shape index (κ1) is 12.2. The van der Waals surface area contributed by atoms with Crippen LogP contribution in [0, 0.1) is 13.8 Å². The van der Waals surface area contributed by atoms with E-state index in [1.807, 2.05) is 0 Å². The zero-order chi connectivity index (χ0) is 13.4. The summed E-state index contributed by atoms with van der Waals surface area (Å²) >= 11 is 0. The Labute approximate surface area is 102 Å². The third kappa shape index (κ3) is 1.83. The molecule has 18 heavy (non-hydrogen) atoms. The monoisotopic (exact) mass is 250 g/mol. The Kier molecular flexibility index (Phi) is 2.82. The first-order valence-electron chi connectivity index (χ1n) is 5.46. The summed E-state index contributed by atoms with van der Waals surface area (Å²) in [6, 6.07) is 0.816. The van der Waals surface area contributed by atoms with E-state index in [1.165, 1.54) is 10.6 Å². The van der Waals surface area contributed by atoms with Crippen LogP contribution in [0.15, 0.2) is 20.2 Å². The van der Waals surface area contributed by atoms with Crippen LogP contribution >= 0.6 is 0 Å². The van der Waals surface area contributed by atoms with E-state index in [0.29, 0.717) is 11.5 Å². The van der Waals surface area contributed by atoms with Crippen LogP contribution in [0.5, 0.6) is 0 Å². The highest BCUT2D eigenvalue weighted by Gasteiger charge is 2.20. The Hall–Kier alpha value is -2.31. The van der Waals surface area contributed by atoms with Gasteiger partial charge in [-0.1, -0.05) is 5.16 Å². The molecule has 3 N–H and O–H groups in total. The molecular weight excluding hydrogens is 236 g/mol. The van der Waals surface area contributed by atoms with Crippen molar-refractivity contribution in [2.24, 2.45) is 0 Å². The lowest BCUT2D eigenvalue weighted by molar-refractivity contribution is 0.390. The van der Waals surface area contributed by atoms with Crippen LogP contribution in [-0.2, 0) is 0 Å². The number of anilines is 1. The maximum absolute atomic E-state index is 11.8. The zero-order valence-electron chi connectivity index (χ0n) is 10.4. The predicted octanol–water partition coefficient (Wildman–Crippen LogP) is 0.333. The number of aromatic amines is 1. The molecule has 1 unspecified atom stereocenters. The van der Waals surface area contributed by atoms with Gasteiger partial charge in [0.2, 0.25) is 0 Å². The normalized spacial score (nSPS) is 12.6. The molecule has 1 atom stereocenters. The van der Waals surface area contributed by atoms with Gasteiger partial charge in [0.15, 0.2) is 0 Å². The first-order chi connectivity index (χ1) is 8.41. The molecule has 0 spiro atoms. The number of hydrogen-bond acceptors (Lipinski definition) is 5. The minimum absolute atomic E-state index is 0.108. The van der Waals surface area contributed by atoms with Gasteiger partial charge in [-0.3, -0.25) is 14.3 Å². The van der Waals surface area contributed by atoms with Gasteiger partial charge in [0.05, 0.1) is 11.7 Å². The van der Waals surface area contributed by atoms with Gasteiger partial charge in [-0.2, -0.15) is 0 Å². The van der Waals surface area contributed by atoms with E-state index in [1.54, 1.807) is 20.8 Å². The van der Waals surface area contributed by atoms with Crippen molar-refractivity contribution < 1.29 is 4.52 Å². The third-order valence-electron chi connectivity index (χ3n) is 2.90. The van der Waals surface area contributed by atoms with Gasteiger partial charge in [-0.25, -0.2) is 4.79 Å². The third-order valence-corrected chi connectivity index (χ3v) is 2.90. The second-order valence-corrected chi connectivity index (χ2v) is 4.15. The summed E-state index contributed by atoms with van der Waals surface area (Å²) in [7, 11) is 0. The van der Waals surface area contributed by atoms with Crippen molar-refractivity contribution in [2.75, 3.05) is 5.73 Å². The molecule has 0 saturated heterocycles. The van der Waals surface area contributed by atoms with Crippen molar-refractivity contribution in [2.45, 2.75) is 26.8 Å². The van der Waals surface area contributed by atoms with Gasteiger partial charge < -0.3 is 10.3 Å². The van der Waals surface area contributed by atoms with Crippen molar-refractivity contribution in [3.63, 3.8) is 0 Å². The van der Waals surface area contributed by atoms with Crippen molar-refractivity contribution >= 4 is 5.82 Å². The molecule has 2 aromatic heterocycles. The van der Waals surface area contributed by atoms with Crippen LogP contribution in [0.25, 0.3) is 0 Å². The Balaban J connectivity index is 2.64. The molecule has 0 aliphatic carbocycles. The molecule has 0 radical (unpaired) electrons. The largest absolute Gasteiger partial charge is 0.385 e. The van der Waals surface area contributed by atoms with E-state index < -0.39 is 11.2 Å². The number of nitrogens with one attached hydrogen (secondary N) is 1. The fourth-order valence-electron chi connectivity index (χ4n) is 2.14. The molecule has 7 nitrogen and oxygen atoms in total. The average Bonchev–Trinajstić information content (AvgIpc) is 2.56. The van der Waals surface area contributed by atoms with Gasteiger partial charge in [0.1, 0.15) is 11.6 Å². The number of H-pyrrole nitrogens is 1. The summed E-state index contributed by atoms with van der Waals surface area (Å²) < 4.78 is 6.36. The Morgan fingerprint density at radius 1 is 1.44 bits per heavy atom. The number of aromatic nitrogens is 3. The fraction of sp³-hybridized carbons (Fsp3) is 0.364. The van der Waals surface area contributed by atoms with Gasteiger partial charge in [0.25, 0.3) is 5.56 Å². The summed E-state index contributed by atoms with van der Waals surface area (Å²) in [5.74, 6) is 0.730. The quantitative estimate of drug-likeness (QED) is 0.798. The molecule has 0 saturated carbocycles. The minimum Gasteiger partial charge on any atom is -0.385 e. The number of nitrogen functional groups attached to an aromatic ring is 1. The second-order valence-electron chi connectivity index (χ2n) is 4.15. The van der Waals surface area contributed by atoms with Crippen LogP contribution in [0.2, 0.25) is 0 Å². The Morgan fingerprint density at radius 2 is 2.11 bits per heavy atom. The van der Waals surface area contributed by atoms with Crippen molar-refractivity contribution in [1.29, 1.82) is 0 Å². The van der Waals surface area contributed by atoms with Gasteiger partial charge in [-0.05, 0) is 20.8 Å². The average molecular weight is 250 g/mol. The SMILES string of the molecule is Cc1noc(C)c1C(C)n1c(N)cc(=O)[nH]c1=O. The van der Waals surface area contributed by atoms with E-state index in [9.17, 15) is 9.59 Å². The van der Waals surface area contributed by atoms with Gasteiger partial charge >= 0.3 is 5.69 Å². The van der Waals surface area contributed by atoms with E-state index in [0.717, 1.165) is 5.56 Å².